The molecule has 0 bridgehead atoms. The maximum Gasteiger partial charge on any atom is 0.247 e. The molecule has 0 amide bonds. The number of nitrogens with zero attached hydrogens (tertiary/aromatic N) is 3. The minimum atomic E-state index is 0.137. The monoisotopic (exact) mass is 348 g/mol. The maximum atomic E-state index is 5.93. The van der Waals surface area contributed by atoms with Crippen molar-refractivity contribution in [2.75, 3.05) is 18.4 Å². The number of benzene rings is 2. The number of nitrogens with one attached hydrogen (secondary N) is 1. The molecule has 0 saturated carbocycles. The molecule has 5 nitrogen and oxygen atoms in total. The zero-order chi connectivity index (χ0) is 17.8. The first-order chi connectivity index (χ1) is 12.8. The van der Waals surface area contributed by atoms with Crippen molar-refractivity contribution in [1.29, 1.82) is 0 Å². The van der Waals surface area contributed by atoms with Crippen LogP contribution in [-0.4, -0.2) is 34.2 Å². The van der Waals surface area contributed by atoms with Crippen molar-refractivity contribution < 1.29 is 4.42 Å². The Hall–Kier alpha value is -2.66. The molecule has 0 spiro atoms. The molecule has 0 unspecified atom stereocenters. The minimum Gasteiger partial charge on any atom is -0.419 e. The normalized spacial score (nSPS) is 17.1. The van der Waals surface area contributed by atoms with Gasteiger partial charge in [-0.05, 0) is 44.0 Å². The Kier molecular flexibility index (Phi) is 4.97. The number of aromatic nitrogens is 2. The van der Waals surface area contributed by atoms with E-state index in [1.54, 1.807) is 0 Å². The summed E-state index contributed by atoms with van der Waals surface area (Å²) in [5.41, 5.74) is 2.16. The predicted octanol–water partition coefficient (Wildman–Crippen LogP) is 4.37. The van der Waals surface area contributed by atoms with Crippen molar-refractivity contribution in [3.63, 3.8) is 0 Å². The summed E-state index contributed by atoms with van der Waals surface area (Å²) in [7, 11) is 0. The van der Waals surface area contributed by atoms with Gasteiger partial charge in [0.2, 0.25) is 11.8 Å². The number of rotatable bonds is 5. The average Bonchev–Trinajstić information content (AvgIpc) is 3.20. The smallest absolute Gasteiger partial charge is 0.247 e. The van der Waals surface area contributed by atoms with Gasteiger partial charge >= 0.3 is 0 Å². The van der Waals surface area contributed by atoms with E-state index in [9.17, 15) is 0 Å². The summed E-state index contributed by atoms with van der Waals surface area (Å²) in [6.07, 6.45) is 2.22. The lowest BCUT2D eigenvalue weighted by Crippen LogP contribution is -2.40. The van der Waals surface area contributed by atoms with E-state index in [4.69, 9.17) is 4.42 Å². The number of likely N-dealkylation sites (tertiary alicyclic amines) is 1. The molecule has 0 aliphatic carbocycles. The predicted molar refractivity (Wildman–Crippen MR) is 103 cm³/mol. The van der Waals surface area contributed by atoms with Crippen LogP contribution in [0.3, 0.4) is 0 Å². The fourth-order valence-electron chi connectivity index (χ4n) is 3.46. The molecule has 1 atom stereocenters. The van der Waals surface area contributed by atoms with Crippen LogP contribution in [0.2, 0.25) is 0 Å². The summed E-state index contributed by atoms with van der Waals surface area (Å²) in [6, 6.07) is 21.0. The number of piperidine rings is 1. The highest BCUT2D eigenvalue weighted by Crippen LogP contribution is 2.27. The molecule has 2 aromatic carbocycles. The molecule has 134 valence electrons. The van der Waals surface area contributed by atoms with Crippen molar-refractivity contribution in [2.24, 2.45) is 0 Å². The van der Waals surface area contributed by atoms with E-state index in [1.165, 1.54) is 5.69 Å². The molecular formula is C21H24N4O. The summed E-state index contributed by atoms with van der Waals surface area (Å²) >= 11 is 0. The van der Waals surface area contributed by atoms with E-state index in [2.05, 4.69) is 51.6 Å². The van der Waals surface area contributed by atoms with Gasteiger partial charge in [0, 0.05) is 30.4 Å². The van der Waals surface area contributed by atoms with Crippen LogP contribution in [0.15, 0.2) is 65.1 Å². The Morgan fingerprint density at radius 2 is 1.62 bits per heavy atom. The van der Waals surface area contributed by atoms with Crippen LogP contribution < -0.4 is 5.32 Å². The summed E-state index contributed by atoms with van der Waals surface area (Å²) in [6.45, 7) is 4.19. The molecule has 1 aromatic heterocycles. The Morgan fingerprint density at radius 3 is 2.31 bits per heavy atom. The molecule has 1 fully saturated rings. The lowest BCUT2D eigenvalue weighted by atomic mass is 10.0. The van der Waals surface area contributed by atoms with Crippen LogP contribution in [0.1, 0.15) is 31.7 Å². The SMILES string of the molecule is C[C@H](c1nnc(-c2ccccc2)o1)N1CCC(Nc2ccccc2)CC1. The minimum absolute atomic E-state index is 0.137. The summed E-state index contributed by atoms with van der Waals surface area (Å²) in [4.78, 5) is 2.42. The third kappa shape index (κ3) is 3.78. The van der Waals surface area contributed by atoms with E-state index in [0.717, 1.165) is 31.5 Å². The Bertz CT molecular complexity index is 810. The topological polar surface area (TPSA) is 54.2 Å². The Labute approximate surface area is 154 Å². The zero-order valence-electron chi connectivity index (χ0n) is 15.0. The lowest BCUT2D eigenvalue weighted by molar-refractivity contribution is 0.147. The van der Waals surface area contributed by atoms with E-state index < -0.39 is 0 Å². The first-order valence-electron chi connectivity index (χ1n) is 9.24. The van der Waals surface area contributed by atoms with Crippen molar-refractivity contribution in [3.05, 3.63) is 66.6 Å². The fourth-order valence-corrected chi connectivity index (χ4v) is 3.46. The van der Waals surface area contributed by atoms with Crippen LogP contribution in [0, 0.1) is 0 Å². The van der Waals surface area contributed by atoms with Crippen LogP contribution in [-0.2, 0) is 0 Å². The second-order valence-electron chi connectivity index (χ2n) is 6.81. The molecule has 4 rings (SSSR count). The lowest BCUT2D eigenvalue weighted by Gasteiger charge is -2.35. The van der Waals surface area contributed by atoms with E-state index >= 15 is 0 Å². The standard InChI is InChI=1S/C21H24N4O/c1-16(20-23-24-21(26-20)17-8-4-2-5-9-17)25-14-12-19(13-15-25)22-18-10-6-3-7-11-18/h2-11,16,19,22H,12-15H2,1H3/t16-/m1/s1. The molecular weight excluding hydrogens is 324 g/mol. The van der Waals surface area contributed by atoms with Crippen LogP contribution in [0.5, 0.6) is 0 Å². The van der Waals surface area contributed by atoms with Gasteiger partial charge in [-0.2, -0.15) is 0 Å². The molecule has 1 aliphatic heterocycles. The van der Waals surface area contributed by atoms with Gasteiger partial charge in [0.05, 0.1) is 6.04 Å². The second kappa shape index (κ2) is 7.70. The van der Waals surface area contributed by atoms with Gasteiger partial charge in [0.1, 0.15) is 0 Å². The van der Waals surface area contributed by atoms with Crippen LogP contribution >= 0.6 is 0 Å². The fraction of sp³-hybridized carbons (Fsp3) is 0.333. The van der Waals surface area contributed by atoms with Gasteiger partial charge in [-0.15, -0.1) is 10.2 Å². The van der Waals surface area contributed by atoms with E-state index in [0.29, 0.717) is 17.8 Å². The van der Waals surface area contributed by atoms with Crippen molar-refractivity contribution >= 4 is 5.69 Å². The number of para-hydroxylation sites is 1. The third-order valence-electron chi connectivity index (χ3n) is 5.04. The van der Waals surface area contributed by atoms with Gasteiger partial charge in [-0.25, -0.2) is 0 Å². The van der Waals surface area contributed by atoms with Crippen LogP contribution in [0.25, 0.3) is 11.5 Å². The molecule has 1 saturated heterocycles. The van der Waals surface area contributed by atoms with Crippen LogP contribution in [0.4, 0.5) is 5.69 Å². The third-order valence-corrected chi connectivity index (χ3v) is 5.04. The number of hydrogen-bond donors (Lipinski definition) is 1. The molecule has 3 aromatic rings. The Balaban J connectivity index is 1.35. The van der Waals surface area contributed by atoms with E-state index in [-0.39, 0.29) is 6.04 Å². The van der Waals surface area contributed by atoms with Gasteiger partial charge in [-0.3, -0.25) is 4.90 Å². The maximum absolute atomic E-state index is 5.93. The summed E-state index contributed by atoms with van der Waals surface area (Å²) in [5, 5.41) is 12.1. The highest BCUT2D eigenvalue weighted by Gasteiger charge is 2.26. The zero-order valence-corrected chi connectivity index (χ0v) is 15.0. The van der Waals surface area contributed by atoms with Gasteiger partial charge in [0.25, 0.3) is 0 Å². The molecule has 26 heavy (non-hydrogen) atoms. The molecule has 1 aliphatic rings. The second-order valence-corrected chi connectivity index (χ2v) is 6.81. The first-order valence-corrected chi connectivity index (χ1v) is 9.24. The summed E-state index contributed by atoms with van der Waals surface area (Å²) < 4.78 is 5.93. The van der Waals surface area contributed by atoms with Gasteiger partial charge < -0.3 is 9.73 Å². The highest BCUT2D eigenvalue weighted by atomic mass is 16.4. The van der Waals surface area contributed by atoms with Gasteiger partial charge in [0.15, 0.2) is 0 Å². The van der Waals surface area contributed by atoms with Crippen molar-refractivity contribution in [1.82, 2.24) is 15.1 Å². The average molecular weight is 348 g/mol. The molecule has 1 N–H and O–H groups in total. The molecule has 2 heterocycles. The molecule has 5 heteroatoms. The highest BCUT2D eigenvalue weighted by molar-refractivity contribution is 5.51. The summed E-state index contributed by atoms with van der Waals surface area (Å²) in [5.74, 6) is 1.28. The first kappa shape index (κ1) is 16.8. The van der Waals surface area contributed by atoms with Crippen molar-refractivity contribution in [2.45, 2.75) is 31.8 Å². The number of hydrogen-bond acceptors (Lipinski definition) is 5. The Morgan fingerprint density at radius 1 is 0.962 bits per heavy atom. The van der Waals surface area contributed by atoms with Gasteiger partial charge in [-0.1, -0.05) is 36.4 Å². The molecule has 0 radical (unpaired) electrons. The largest absolute Gasteiger partial charge is 0.419 e. The number of anilines is 1. The van der Waals surface area contributed by atoms with E-state index in [1.807, 2.05) is 36.4 Å². The quantitative estimate of drug-likeness (QED) is 0.742. The van der Waals surface area contributed by atoms with Crippen molar-refractivity contribution in [3.8, 4) is 11.5 Å².